The molecular weight excluding hydrogens is 390 g/mol. The predicted molar refractivity (Wildman–Crippen MR) is 116 cm³/mol. The number of nitrogens with one attached hydrogen (secondary N) is 3. The van der Waals surface area contributed by atoms with Gasteiger partial charge in [0.05, 0.1) is 11.3 Å². The Hall–Kier alpha value is -3.58. The lowest BCUT2D eigenvalue weighted by molar-refractivity contribution is -0.114. The number of hydrogen-bond acceptors (Lipinski definition) is 5. The molecule has 0 aliphatic rings. The predicted octanol–water partition coefficient (Wildman–Crippen LogP) is 4.15. The molecule has 0 bridgehead atoms. The topological polar surface area (TPSA) is 109 Å². The molecule has 0 spiro atoms. The number of pyridine rings is 1. The quantitative estimate of drug-likeness (QED) is 0.468. The van der Waals surface area contributed by atoms with Gasteiger partial charge in [-0.25, -0.2) is 4.98 Å². The third-order valence-corrected chi connectivity index (χ3v) is 4.23. The first kappa shape index (κ1) is 20.2. The Bertz CT molecular complexity index is 1050. The Morgan fingerprint density at radius 3 is 2.55 bits per heavy atom. The summed E-state index contributed by atoms with van der Waals surface area (Å²) >= 11 is 6.02. The standard InChI is InChI=1S/C21H20ClN5O2/c1-13(28)26-16-6-3-7-17(9-16)27-20-10-19(18(12-25-20)21(23)29)24-11-14-4-2-5-15(22)8-14/h2-10,12H,11H2,1H3,(H2,23,29)(H,26,28)(H2,24,25,27). The van der Waals surface area contributed by atoms with Gasteiger partial charge < -0.3 is 21.7 Å². The fourth-order valence-electron chi connectivity index (χ4n) is 2.74. The van der Waals surface area contributed by atoms with Crippen LogP contribution in [-0.2, 0) is 11.3 Å². The van der Waals surface area contributed by atoms with Gasteiger partial charge in [0.15, 0.2) is 0 Å². The molecule has 0 saturated heterocycles. The number of anilines is 4. The molecule has 0 radical (unpaired) electrons. The van der Waals surface area contributed by atoms with E-state index < -0.39 is 5.91 Å². The molecule has 2 amide bonds. The molecule has 1 aromatic heterocycles. The fourth-order valence-corrected chi connectivity index (χ4v) is 2.95. The highest BCUT2D eigenvalue weighted by atomic mass is 35.5. The summed E-state index contributed by atoms with van der Waals surface area (Å²) < 4.78 is 0. The molecule has 3 rings (SSSR count). The van der Waals surface area contributed by atoms with Crippen molar-refractivity contribution in [2.24, 2.45) is 5.73 Å². The first-order chi connectivity index (χ1) is 13.9. The monoisotopic (exact) mass is 409 g/mol. The van der Waals surface area contributed by atoms with Crippen LogP contribution in [0.25, 0.3) is 0 Å². The second kappa shape index (κ2) is 9.07. The maximum absolute atomic E-state index is 11.8. The number of carbonyl (C=O) groups is 2. The number of nitrogens with zero attached hydrogens (tertiary/aromatic N) is 1. The second-order valence-electron chi connectivity index (χ2n) is 6.35. The van der Waals surface area contributed by atoms with Crippen molar-refractivity contribution in [3.63, 3.8) is 0 Å². The summed E-state index contributed by atoms with van der Waals surface area (Å²) in [5, 5.41) is 9.72. The molecule has 2 aromatic carbocycles. The van der Waals surface area contributed by atoms with Crippen LogP contribution in [0.2, 0.25) is 5.02 Å². The summed E-state index contributed by atoms with van der Waals surface area (Å²) in [6.07, 6.45) is 1.42. The number of hydrogen-bond donors (Lipinski definition) is 4. The molecule has 0 aliphatic carbocycles. The minimum Gasteiger partial charge on any atom is -0.380 e. The van der Waals surface area contributed by atoms with Crippen molar-refractivity contribution >= 4 is 46.3 Å². The minimum absolute atomic E-state index is 0.154. The van der Waals surface area contributed by atoms with Gasteiger partial charge in [0, 0.05) is 42.1 Å². The zero-order valence-corrected chi connectivity index (χ0v) is 16.5. The van der Waals surface area contributed by atoms with E-state index in [4.69, 9.17) is 17.3 Å². The van der Waals surface area contributed by atoms with Crippen molar-refractivity contribution < 1.29 is 9.59 Å². The highest BCUT2D eigenvalue weighted by molar-refractivity contribution is 6.30. The SMILES string of the molecule is CC(=O)Nc1cccc(Nc2cc(NCc3cccc(Cl)c3)c(C(N)=O)cn2)c1. The van der Waals surface area contributed by atoms with Gasteiger partial charge in [0.1, 0.15) is 5.82 Å². The smallest absolute Gasteiger partial charge is 0.252 e. The summed E-state index contributed by atoms with van der Waals surface area (Å²) in [6, 6.07) is 16.3. The van der Waals surface area contributed by atoms with Gasteiger partial charge in [-0.1, -0.05) is 29.8 Å². The van der Waals surface area contributed by atoms with Gasteiger partial charge in [-0.05, 0) is 35.9 Å². The van der Waals surface area contributed by atoms with Crippen LogP contribution >= 0.6 is 11.6 Å². The van der Waals surface area contributed by atoms with Gasteiger partial charge in [-0.2, -0.15) is 0 Å². The number of nitrogens with two attached hydrogens (primary N) is 1. The lowest BCUT2D eigenvalue weighted by atomic mass is 10.2. The van der Waals surface area contributed by atoms with Crippen molar-refractivity contribution in [1.82, 2.24) is 4.98 Å². The van der Waals surface area contributed by atoms with Gasteiger partial charge in [-0.3, -0.25) is 9.59 Å². The van der Waals surface area contributed by atoms with Crippen LogP contribution in [-0.4, -0.2) is 16.8 Å². The van der Waals surface area contributed by atoms with Gasteiger partial charge in [-0.15, -0.1) is 0 Å². The average molecular weight is 410 g/mol. The summed E-state index contributed by atoms with van der Waals surface area (Å²) in [7, 11) is 0. The Morgan fingerprint density at radius 1 is 1.07 bits per heavy atom. The van der Waals surface area contributed by atoms with Crippen LogP contribution in [0.5, 0.6) is 0 Å². The average Bonchev–Trinajstić information content (AvgIpc) is 2.66. The largest absolute Gasteiger partial charge is 0.380 e. The molecule has 29 heavy (non-hydrogen) atoms. The zero-order valence-electron chi connectivity index (χ0n) is 15.7. The van der Waals surface area contributed by atoms with E-state index >= 15 is 0 Å². The molecule has 0 saturated carbocycles. The summed E-state index contributed by atoms with van der Waals surface area (Å²) in [6.45, 7) is 1.91. The number of halogens is 1. The summed E-state index contributed by atoms with van der Waals surface area (Å²) in [4.78, 5) is 27.3. The molecule has 1 heterocycles. The molecule has 0 fully saturated rings. The number of primary amides is 1. The van der Waals surface area contributed by atoms with E-state index in [2.05, 4.69) is 20.9 Å². The van der Waals surface area contributed by atoms with Gasteiger partial charge >= 0.3 is 0 Å². The highest BCUT2D eigenvalue weighted by Crippen LogP contribution is 2.24. The molecule has 7 nitrogen and oxygen atoms in total. The van der Waals surface area contributed by atoms with E-state index in [-0.39, 0.29) is 11.5 Å². The highest BCUT2D eigenvalue weighted by Gasteiger charge is 2.11. The van der Waals surface area contributed by atoms with E-state index in [9.17, 15) is 9.59 Å². The molecular formula is C21H20ClN5O2. The van der Waals surface area contributed by atoms with Crippen LogP contribution in [0.1, 0.15) is 22.8 Å². The van der Waals surface area contributed by atoms with Crippen molar-refractivity contribution in [1.29, 1.82) is 0 Å². The summed E-state index contributed by atoms with van der Waals surface area (Å²) in [5.74, 6) is -0.215. The molecule has 5 N–H and O–H groups in total. The molecule has 3 aromatic rings. The third-order valence-electron chi connectivity index (χ3n) is 4.00. The van der Waals surface area contributed by atoms with E-state index in [0.717, 1.165) is 11.3 Å². The van der Waals surface area contributed by atoms with Crippen LogP contribution in [0, 0.1) is 0 Å². The molecule has 8 heteroatoms. The third kappa shape index (κ3) is 5.70. The second-order valence-corrected chi connectivity index (χ2v) is 6.79. The van der Waals surface area contributed by atoms with E-state index in [0.29, 0.717) is 28.8 Å². The summed E-state index contributed by atoms with van der Waals surface area (Å²) in [5.41, 5.74) is 8.66. The van der Waals surface area contributed by atoms with Gasteiger partial charge in [0.2, 0.25) is 5.91 Å². The van der Waals surface area contributed by atoms with Crippen molar-refractivity contribution in [2.45, 2.75) is 13.5 Å². The Balaban J connectivity index is 1.81. The normalized spacial score (nSPS) is 10.3. The number of amides is 2. The Kier molecular flexibility index (Phi) is 6.31. The van der Waals surface area contributed by atoms with E-state index in [1.807, 2.05) is 30.3 Å². The Labute approximate surface area is 173 Å². The number of benzene rings is 2. The van der Waals surface area contributed by atoms with Gasteiger partial charge in [0.25, 0.3) is 5.91 Å². The maximum atomic E-state index is 11.8. The van der Waals surface area contributed by atoms with Crippen LogP contribution in [0.4, 0.5) is 22.9 Å². The van der Waals surface area contributed by atoms with Crippen molar-refractivity contribution in [3.05, 3.63) is 76.9 Å². The lowest BCUT2D eigenvalue weighted by Gasteiger charge is -2.13. The fraction of sp³-hybridized carbons (Fsp3) is 0.0952. The molecule has 0 aliphatic heterocycles. The zero-order chi connectivity index (χ0) is 20.8. The lowest BCUT2D eigenvalue weighted by Crippen LogP contribution is -2.15. The molecule has 148 valence electrons. The maximum Gasteiger partial charge on any atom is 0.252 e. The minimum atomic E-state index is -0.578. The van der Waals surface area contributed by atoms with E-state index in [1.165, 1.54) is 13.1 Å². The molecule has 0 atom stereocenters. The Morgan fingerprint density at radius 2 is 1.83 bits per heavy atom. The van der Waals surface area contributed by atoms with Crippen molar-refractivity contribution in [3.8, 4) is 0 Å². The van der Waals surface area contributed by atoms with Crippen LogP contribution in [0.3, 0.4) is 0 Å². The van der Waals surface area contributed by atoms with Crippen LogP contribution < -0.4 is 21.7 Å². The number of aromatic nitrogens is 1. The van der Waals surface area contributed by atoms with Crippen LogP contribution in [0.15, 0.2) is 60.8 Å². The number of rotatable bonds is 7. The molecule has 0 unspecified atom stereocenters. The van der Waals surface area contributed by atoms with E-state index in [1.54, 1.807) is 24.3 Å². The number of carbonyl (C=O) groups excluding carboxylic acids is 2. The first-order valence-corrected chi connectivity index (χ1v) is 9.21. The first-order valence-electron chi connectivity index (χ1n) is 8.83. The van der Waals surface area contributed by atoms with Crippen molar-refractivity contribution in [2.75, 3.05) is 16.0 Å².